The first kappa shape index (κ1) is 12.4. The fourth-order valence-corrected chi connectivity index (χ4v) is 3.61. The van der Waals surface area contributed by atoms with Gasteiger partial charge in [0.15, 0.2) is 0 Å². The van der Waals surface area contributed by atoms with E-state index in [0.29, 0.717) is 12.8 Å². The van der Waals surface area contributed by atoms with Crippen LogP contribution >= 0.6 is 0 Å². The summed E-state index contributed by atoms with van der Waals surface area (Å²) in [4.78, 5) is 10.7. The van der Waals surface area contributed by atoms with Gasteiger partial charge in [-0.15, -0.1) is 0 Å². The quantitative estimate of drug-likeness (QED) is 0.735. The molecule has 0 bridgehead atoms. The fraction of sp³-hybridized carbons (Fsp3) is 0.889. The minimum atomic E-state index is -3.45. The highest BCUT2D eigenvalue weighted by molar-refractivity contribution is 7.90. The Bertz CT molecular complexity index is 319. The van der Waals surface area contributed by atoms with Crippen LogP contribution in [0.2, 0.25) is 0 Å². The van der Waals surface area contributed by atoms with Crippen LogP contribution in [0.15, 0.2) is 0 Å². The molecule has 5 nitrogen and oxygen atoms in total. The van der Waals surface area contributed by atoms with Crippen LogP contribution < -0.4 is 4.72 Å². The minimum absolute atomic E-state index is 0.265. The normalized spacial score (nSPS) is 20.3. The van der Waals surface area contributed by atoms with Gasteiger partial charge in [-0.3, -0.25) is 4.79 Å². The second-order valence-electron chi connectivity index (χ2n) is 3.87. The summed E-state index contributed by atoms with van der Waals surface area (Å²) in [7, 11) is -3.45. The van der Waals surface area contributed by atoms with E-state index in [1.165, 1.54) is 0 Å². The molecule has 0 saturated heterocycles. The number of hydrogen-bond donors (Lipinski definition) is 2. The minimum Gasteiger partial charge on any atom is -0.480 e. The molecule has 0 aliphatic heterocycles. The second kappa shape index (κ2) is 4.94. The number of carboxylic acids is 1. The molecule has 0 spiro atoms. The second-order valence-corrected chi connectivity index (χ2v) is 5.86. The molecule has 0 aromatic carbocycles. The molecule has 0 radical (unpaired) electrons. The van der Waals surface area contributed by atoms with Crippen molar-refractivity contribution in [1.29, 1.82) is 0 Å². The first-order valence-electron chi connectivity index (χ1n) is 5.21. The molecule has 0 heterocycles. The van der Waals surface area contributed by atoms with Crippen LogP contribution in [0.1, 0.15) is 39.0 Å². The van der Waals surface area contributed by atoms with Crippen LogP contribution in [0.5, 0.6) is 0 Å². The Morgan fingerprint density at radius 1 is 1.47 bits per heavy atom. The number of rotatable bonds is 5. The van der Waals surface area contributed by atoms with E-state index in [1.807, 2.05) is 0 Å². The van der Waals surface area contributed by atoms with E-state index in [0.717, 1.165) is 12.8 Å². The Balaban J connectivity index is 2.65. The molecule has 1 unspecified atom stereocenters. The fourth-order valence-electron chi connectivity index (χ4n) is 1.80. The van der Waals surface area contributed by atoms with Crippen LogP contribution in [-0.2, 0) is 14.8 Å². The third-order valence-electron chi connectivity index (χ3n) is 2.75. The van der Waals surface area contributed by atoms with Gasteiger partial charge in [0.2, 0.25) is 10.0 Å². The lowest BCUT2D eigenvalue weighted by Crippen LogP contribution is -2.44. The molecule has 88 valence electrons. The van der Waals surface area contributed by atoms with Crippen LogP contribution in [-0.4, -0.2) is 30.8 Å². The Hall–Kier alpha value is -0.620. The molecule has 0 aromatic rings. The maximum absolute atomic E-state index is 11.7. The summed E-state index contributed by atoms with van der Waals surface area (Å²) in [5.41, 5.74) is 0. The van der Waals surface area contributed by atoms with Crippen molar-refractivity contribution in [2.45, 2.75) is 50.3 Å². The predicted molar refractivity (Wildman–Crippen MR) is 56.0 cm³/mol. The maximum Gasteiger partial charge on any atom is 0.321 e. The van der Waals surface area contributed by atoms with Gasteiger partial charge in [-0.25, -0.2) is 13.1 Å². The molecule has 2 N–H and O–H groups in total. The van der Waals surface area contributed by atoms with Crippen molar-refractivity contribution < 1.29 is 18.3 Å². The smallest absolute Gasteiger partial charge is 0.321 e. The molecule has 1 aliphatic carbocycles. The molecule has 1 saturated carbocycles. The molecule has 1 atom stereocenters. The van der Waals surface area contributed by atoms with Crippen LogP contribution in [0.3, 0.4) is 0 Å². The highest BCUT2D eigenvalue weighted by atomic mass is 32.2. The lowest BCUT2D eigenvalue weighted by atomic mass is 10.2. The number of hydrogen-bond acceptors (Lipinski definition) is 3. The number of sulfonamides is 1. The first-order valence-corrected chi connectivity index (χ1v) is 6.76. The third-order valence-corrected chi connectivity index (χ3v) is 4.72. The van der Waals surface area contributed by atoms with E-state index in [1.54, 1.807) is 6.92 Å². The monoisotopic (exact) mass is 235 g/mol. The van der Waals surface area contributed by atoms with Crippen LogP contribution in [0, 0.1) is 0 Å². The Kier molecular flexibility index (Phi) is 4.10. The van der Waals surface area contributed by atoms with Gasteiger partial charge in [0.1, 0.15) is 6.04 Å². The van der Waals surface area contributed by atoms with Crippen molar-refractivity contribution in [2.24, 2.45) is 0 Å². The van der Waals surface area contributed by atoms with Gasteiger partial charge in [0, 0.05) is 0 Å². The van der Waals surface area contributed by atoms with Crippen LogP contribution in [0.25, 0.3) is 0 Å². The molecule has 1 aliphatic rings. The van der Waals surface area contributed by atoms with Crippen LogP contribution in [0.4, 0.5) is 0 Å². The lowest BCUT2D eigenvalue weighted by molar-refractivity contribution is -0.139. The summed E-state index contributed by atoms with van der Waals surface area (Å²) in [5, 5.41) is 8.36. The van der Waals surface area contributed by atoms with Crippen molar-refractivity contribution >= 4 is 16.0 Å². The standard InChI is InChI=1S/C9H17NO4S/c1-2-8(9(11)12)10-15(13,14)7-5-3-4-6-7/h7-8,10H,2-6H2,1H3,(H,11,12). The SMILES string of the molecule is CCC(NS(=O)(=O)C1CCCC1)C(=O)O. The molecule has 0 amide bonds. The molecule has 0 aromatic heterocycles. The summed E-state index contributed by atoms with van der Waals surface area (Å²) < 4.78 is 25.7. The van der Waals surface area contributed by atoms with E-state index in [9.17, 15) is 13.2 Å². The average Bonchev–Trinajstić information content (AvgIpc) is 2.67. The largest absolute Gasteiger partial charge is 0.480 e. The molecule has 1 rings (SSSR count). The number of carbonyl (C=O) groups is 1. The van der Waals surface area contributed by atoms with Gasteiger partial charge in [0.25, 0.3) is 0 Å². The van der Waals surface area contributed by atoms with Gasteiger partial charge < -0.3 is 5.11 Å². The third kappa shape index (κ3) is 3.17. The molecule has 1 fully saturated rings. The Labute approximate surface area is 89.9 Å². The van der Waals surface area contributed by atoms with E-state index in [-0.39, 0.29) is 6.42 Å². The predicted octanol–water partition coefficient (Wildman–Crippen LogP) is 0.712. The molecular weight excluding hydrogens is 218 g/mol. The maximum atomic E-state index is 11.7. The van der Waals surface area contributed by atoms with E-state index in [4.69, 9.17) is 5.11 Å². The summed E-state index contributed by atoms with van der Waals surface area (Å²) in [6.07, 6.45) is 3.38. The average molecular weight is 235 g/mol. The zero-order valence-electron chi connectivity index (χ0n) is 8.77. The summed E-state index contributed by atoms with van der Waals surface area (Å²) in [5.74, 6) is -1.11. The molecule has 6 heteroatoms. The Morgan fingerprint density at radius 2 is 2.00 bits per heavy atom. The van der Waals surface area contributed by atoms with Crippen molar-refractivity contribution in [3.05, 3.63) is 0 Å². The highest BCUT2D eigenvalue weighted by Gasteiger charge is 2.31. The topological polar surface area (TPSA) is 83.5 Å². The van der Waals surface area contributed by atoms with Gasteiger partial charge in [-0.2, -0.15) is 0 Å². The summed E-state index contributed by atoms with van der Waals surface area (Å²) >= 11 is 0. The molecule has 15 heavy (non-hydrogen) atoms. The van der Waals surface area contributed by atoms with Gasteiger partial charge in [0.05, 0.1) is 5.25 Å². The van der Waals surface area contributed by atoms with E-state index < -0.39 is 27.3 Å². The van der Waals surface area contributed by atoms with E-state index >= 15 is 0 Å². The van der Waals surface area contributed by atoms with Crippen molar-refractivity contribution in [1.82, 2.24) is 4.72 Å². The number of nitrogens with one attached hydrogen (secondary N) is 1. The Morgan fingerprint density at radius 3 is 2.40 bits per heavy atom. The zero-order chi connectivity index (χ0) is 11.5. The van der Waals surface area contributed by atoms with Crippen molar-refractivity contribution in [3.63, 3.8) is 0 Å². The zero-order valence-corrected chi connectivity index (χ0v) is 9.59. The summed E-state index contributed by atoms with van der Waals surface area (Å²) in [6.45, 7) is 1.65. The lowest BCUT2D eigenvalue weighted by Gasteiger charge is -2.16. The van der Waals surface area contributed by atoms with Gasteiger partial charge >= 0.3 is 5.97 Å². The molecular formula is C9H17NO4S. The first-order chi connectivity index (χ1) is 6.97. The summed E-state index contributed by atoms with van der Waals surface area (Å²) in [6, 6.07) is -0.990. The number of carboxylic acid groups (broad SMARTS) is 1. The van der Waals surface area contributed by atoms with Crippen molar-refractivity contribution in [3.8, 4) is 0 Å². The van der Waals surface area contributed by atoms with E-state index in [2.05, 4.69) is 4.72 Å². The van der Waals surface area contributed by atoms with Crippen molar-refractivity contribution in [2.75, 3.05) is 0 Å². The van der Waals surface area contributed by atoms with Gasteiger partial charge in [-0.05, 0) is 19.3 Å². The highest BCUT2D eigenvalue weighted by Crippen LogP contribution is 2.24. The van der Waals surface area contributed by atoms with Gasteiger partial charge in [-0.1, -0.05) is 19.8 Å². The number of aliphatic carboxylic acids is 1.